The second-order valence-electron chi connectivity index (χ2n) is 7.19. The van der Waals surface area contributed by atoms with Crippen LogP contribution in [0.15, 0.2) is 36.4 Å². The van der Waals surface area contributed by atoms with E-state index in [2.05, 4.69) is 48.1 Å². The van der Waals surface area contributed by atoms with E-state index in [1.165, 1.54) is 17.2 Å². The Balaban J connectivity index is 1.58. The Morgan fingerprint density at radius 3 is 2.68 bits per heavy atom. The van der Waals surface area contributed by atoms with E-state index in [4.69, 9.17) is 0 Å². The minimum absolute atomic E-state index is 0.374. The van der Waals surface area contributed by atoms with Crippen LogP contribution in [0.1, 0.15) is 28.8 Å². The van der Waals surface area contributed by atoms with Crippen molar-refractivity contribution in [2.45, 2.75) is 38.8 Å². The van der Waals surface area contributed by atoms with E-state index in [-0.39, 0.29) is 0 Å². The van der Waals surface area contributed by atoms with Crippen molar-refractivity contribution in [1.82, 2.24) is 9.88 Å². The van der Waals surface area contributed by atoms with Crippen molar-refractivity contribution in [2.75, 3.05) is 7.05 Å². The number of aromatic nitrogens is 1. The van der Waals surface area contributed by atoms with Gasteiger partial charge >= 0.3 is 0 Å². The SMILES string of the molecule is Cc1ccc(CN(C)C2CCc3[nH]c4c(F)cc(F)cc4c3C2)cc1. The van der Waals surface area contributed by atoms with Gasteiger partial charge < -0.3 is 4.98 Å². The number of benzene rings is 2. The number of likely N-dealkylation sites (N-methyl/N-ethyl adjacent to an activating group) is 1. The Morgan fingerprint density at radius 2 is 1.92 bits per heavy atom. The number of halogens is 2. The first-order chi connectivity index (χ1) is 12.0. The van der Waals surface area contributed by atoms with Crippen molar-refractivity contribution in [2.24, 2.45) is 0 Å². The largest absolute Gasteiger partial charge is 0.356 e. The van der Waals surface area contributed by atoms with Crippen molar-refractivity contribution < 1.29 is 8.78 Å². The zero-order valence-corrected chi connectivity index (χ0v) is 14.6. The number of H-pyrrole nitrogens is 1. The second-order valence-corrected chi connectivity index (χ2v) is 7.19. The highest BCUT2D eigenvalue weighted by Crippen LogP contribution is 2.32. The van der Waals surface area contributed by atoms with Crippen LogP contribution in [-0.4, -0.2) is 23.0 Å². The number of nitrogens with zero attached hydrogens (tertiary/aromatic N) is 1. The van der Waals surface area contributed by atoms with Gasteiger partial charge in [-0.15, -0.1) is 0 Å². The van der Waals surface area contributed by atoms with E-state index in [9.17, 15) is 8.78 Å². The molecule has 0 saturated carbocycles. The van der Waals surface area contributed by atoms with Gasteiger partial charge in [0.05, 0.1) is 5.52 Å². The number of aryl methyl sites for hydroxylation is 2. The summed E-state index contributed by atoms with van der Waals surface area (Å²) in [4.78, 5) is 5.52. The van der Waals surface area contributed by atoms with Crippen molar-refractivity contribution in [3.8, 4) is 0 Å². The lowest BCUT2D eigenvalue weighted by Crippen LogP contribution is -2.35. The van der Waals surface area contributed by atoms with E-state index in [0.29, 0.717) is 16.9 Å². The molecule has 0 spiro atoms. The van der Waals surface area contributed by atoms with Crippen LogP contribution in [0, 0.1) is 18.6 Å². The molecule has 1 atom stereocenters. The maximum absolute atomic E-state index is 14.0. The fourth-order valence-electron chi connectivity index (χ4n) is 3.91. The predicted molar refractivity (Wildman–Crippen MR) is 96.7 cm³/mol. The van der Waals surface area contributed by atoms with Gasteiger partial charge in [0.1, 0.15) is 11.6 Å². The molecule has 1 unspecified atom stereocenters. The number of nitrogens with one attached hydrogen (secondary N) is 1. The molecule has 0 radical (unpaired) electrons. The van der Waals surface area contributed by atoms with E-state index in [0.717, 1.165) is 43.1 Å². The lowest BCUT2D eigenvalue weighted by molar-refractivity contribution is 0.214. The first-order valence-corrected chi connectivity index (χ1v) is 8.75. The summed E-state index contributed by atoms with van der Waals surface area (Å²) in [5.41, 5.74) is 5.11. The Kier molecular flexibility index (Phi) is 4.08. The van der Waals surface area contributed by atoms with Crippen LogP contribution in [0.3, 0.4) is 0 Å². The summed E-state index contributed by atoms with van der Waals surface area (Å²) in [5.74, 6) is -1.02. The molecule has 1 aliphatic carbocycles. The van der Waals surface area contributed by atoms with Crippen molar-refractivity contribution in [1.29, 1.82) is 0 Å². The molecule has 25 heavy (non-hydrogen) atoms. The van der Waals surface area contributed by atoms with Gasteiger partial charge in [-0.25, -0.2) is 8.78 Å². The fourth-order valence-corrected chi connectivity index (χ4v) is 3.91. The van der Waals surface area contributed by atoms with Gasteiger partial charge in [0.2, 0.25) is 0 Å². The van der Waals surface area contributed by atoms with Gasteiger partial charge in [-0.1, -0.05) is 29.8 Å². The summed E-state index contributed by atoms with van der Waals surface area (Å²) < 4.78 is 27.7. The smallest absolute Gasteiger partial charge is 0.150 e. The molecule has 0 fully saturated rings. The molecule has 3 aromatic rings. The van der Waals surface area contributed by atoms with Gasteiger partial charge in [-0.05, 0) is 50.4 Å². The first kappa shape index (κ1) is 16.3. The number of rotatable bonds is 3. The minimum Gasteiger partial charge on any atom is -0.356 e. The Hall–Kier alpha value is -2.20. The summed E-state index contributed by atoms with van der Waals surface area (Å²) >= 11 is 0. The third kappa shape index (κ3) is 3.07. The molecule has 0 amide bonds. The molecular weight excluding hydrogens is 318 g/mol. The Morgan fingerprint density at radius 1 is 1.16 bits per heavy atom. The number of fused-ring (bicyclic) bond motifs is 3. The van der Waals surface area contributed by atoms with Crippen LogP contribution in [-0.2, 0) is 19.4 Å². The predicted octanol–water partition coefficient (Wildman–Crippen LogP) is 4.74. The molecule has 1 aromatic heterocycles. The van der Waals surface area contributed by atoms with Gasteiger partial charge in [0.15, 0.2) is 0 Å². The maximum Gasteiger partial charge on any atom is 0.150 e. The van der Waals surface area contributed by atoms with Crippen LogP contribution in [0.25, 0.3) is 10.9 Å². The average molecular weight is 340 g/mol. The summed E-state index contributed by atoms with van der Waals surface area (Å²) in [6.45, 7) is 2.97. The molecule has 1 N–H and O–H groups in total. The van der Waals surface area contributed by atoms with Crippen LogP contribution < -0.4 is 0 Å². The molecule has 130 valence electrons. The fraction of sp³-hybridized carbons (Fsp3) is 0.333. The van der Waals surface area contributed by atoms with Crippen LogP contribution in [0.4, 0.5) is 8.78 Å². The molecule has 0 bridgehead atoms. The molecule has 4 rings (SSSR count). The summed E-state index contributed by atoms with van der Waals surface area (Å²) in [6.07, 6.45) is 2.71. The zero-order chi connectivity index (χ0) is 17.6. The topological polar surface area (TPSA) is 19.0 Å². The minimum atomic E-state index is -0.512. The molecule has 0 aliphatic heterocycles. The highest BCUT2D eigenvalue weighted by atomic mass is 19.1. The lowest BCUT2D eigenvalue weighted by atomic mass is 9.90. The third-order valence-corrected chi connectivity index (χ3v) is 5.36. The van der Waals surface area contributed by atoms with E-state index in [1.807, 2.05) is 0 Å². The summed E-state index contributed by atoms with van der Waals surface area (Å²) in [7, 11) is 2.13. The molecule has 2 aromatic carbocycles. The summed E-state index contributed by atoms with van der Waals surface area (Å²) in [6, 6.07) is 11.4. The third-order valence-electron chi connectivity index (χ3n) is 5.36. The standard InChI is InChI=1S/C21H22F2N2/c1-13-3-5-14(6-4-13)12-25(2)16-7-8-20-17(11-16)18-9-15(22)10-19(23)21(18)24-20/h3-6,9-10,16,24H,7-8,11-12H2,1-2H3. The highest BCUT2D eigenvalue weighted by Gasteiger charge is 2.26. The van der Waals surface area contributed by atoms with Crippen molar-refractivity contribution >= 4 is 10.9 Å². The van der Waals surface area contributed by atoms with Gasteiger partial charge in [0.25, 0.3) is 0 Å². The zero-order valence-electron chi connectivity index (χ0n) is 14.6. The molecule has 4 heteroatoms. The number of hydrogen-bond donors (Lipinski definition) is 1. The normalized spacial score (nSPS) is 17.2. The molecule has 0 saturated heterocycles. The van der Waals surface area contributed by atoms with Crippen molar-refractivity contribution in [3.05, 3.63) is 70.4 Å². The van der Waals surface area contributed by atoms with Gasteiger partial charge in [-0.2, -0.15) is 0 Å². The average Bonchev–Trinajstić information content (AvgIpc) is 2.95. The molecule has 1 heterocycles. The maximum atomic E-state index is 14.0. The van der Waals surface area contributed by atoms with Crippen molar-refractivity contribution in [3.63, 3.8) is 0 Å². The molecule has 1 aliphatic rings. The Bertz CT molecular complexity index is 912. The van der Waals surface area contributed by atoms with Crippen LogP contribution >= 0.6 is 0 Å². The van der Waals surface area contributed by atoms with E-state index in [1.54, 1.807) is 0 Å². The van der Waals surface area contributed by atoms with Crippen LogP contribution in [0.2, 0.25) is 0 Å². The second kappa shape index (κ2) is 6.26. The molecule has 2 nitrogen and oxygen atoms in total. The number of aromatic amines is 1. The first-order valence-electron chi connectivity index (χ1n) is 8.75. The monoisotopic (exact) mass is 340 g/mol. The van der Waals surface area contributed by atoms with Gasteiger partial charge in [-0.3, -0.25) is 4.90 Å². The number of hydrogen-bond acceptors (Lipinski definition) is 1. The lowest BCUT2D eigenvalue weighted by Gasteiger charge is -2.31. The van der Waals surface area contributed by atoms with Gasteiger partial charge in [0, 0.05) is 29.7 Å². The molecular formula is C21H22F2N2. The quantitative estimate of drug-likeness (QED) is 0.729. The van der Waals surface area contributed by atoms with Crippen LogP contribution in [0.5, 0.6) is 0 Å². The van der Waals surface area contributed by atoms with E-state index < -0.39 is 11.6 Å². The Labute approximate surface area is 146 Å². The highest BCUT2D eigenvalue weighted by molar-refractivity contribution is 5.85. The van der Waals surface area contributed by atoms with E-state index >= 15 is 0 Å². The summed E-state index contributed by atoms with van der Waals surface area (Å²) in [5, 5.41) is 0.695.